The number of thiophene rings is 1. The zero-order chi connectivity index (χ0) is 13.8. The van der Waals surface area contributed by atoms with Crippen molar-refractivity contribution < 1.29 is 4.79 Å². The maximum absolute atomic E-state index is 11.9. The van der Waals surface area contributed by atoms with Gasteiger partial charge in [0, 0.05) is 32.4 Å². The van der Waals surface area contributed by atoms with Crippen molar-refractivity contribution in [1.29, 1.82) is 0 Å². The topological polar surface area (TPSA) is 45.2 Å². The number of halogens is 1. The van der Waals surface area contributed by atoms with Gasteiger partial charge in [0.05, 0.1) is 9.21 Å². The molecular weight excluding hydrogens is 282 g/mol. The fourth-order valence-electron chi connectivity index (χ4n) is 1.67. The van der Waals surface area contributed by atoms with Gasteiger partial charge in [-0.2, -0.15) is 0 Å². The summed E-state index contributed by atoms with van der Waals surface area (Å²) in [6.07, 6.45) is 1.74. The van der Waals surface area contributed by atoms with Crippen molar-refractivity contribution in [2.24, 2.45) is 0 Å². The van der Waals surface area contributed by atoms with Crippen LogP contribution in [0.15, 0.2) is 30.5 Å². The normalized spacial score (nSPS) is 10.3. The Morgan fingerprint density at radius 2 is 2.21 bits per heavy atom. The SMILES string of the molecule is CN(C)c1ncccc1CNC(=O)c1ccc(Cl)s1. The second kappa shape index (κ2) is 6.04. The highest BCUT2D eigenvalue weighted by atomic mass is 35.5. The molecule has 0 aliphatic rings. The molecule has 2 rings (SSSR count). The van der Waals surface area contributed by atoms with E-state index < -0.39 is 0 Å². The van der Waals surface area contributed by atoms with Crippen LogP contribution >= 0.6 is 22.9 Å². The number of anilines is 1. The minimum atomic E-state index is -0.120. The van der Waals surface area contributed by atoms with Crippen LogP contribution in [0.25, 0.3) is 0 Å². The smallest absolute Gasteiger partial charge is 0.261 e. The first-order valence-electron chi connectivity index (χ1n) is 5.72. The summed E-state index contributed by atoms with van der Waals surface area (Å²) in [5, 5.41) is 2.87. The van der Waals surface area contributed by atoms with Gasteiger partial charge in [-0.15, -0.1) is 11.3 Å². The fraction of sp³-hybridized carbons (Fsp3) is 0.231. The third-order valence-electron chi connectivity index (χ3n) is 2.53. The first-order chi connectivity index (χ1) is 9.08. The van der Waals surface area contributed by atoms with Crippen LogP contribution in [-0.4, -0.2) is 25.0 Å². The van der Waals surface area contributed by atoms with Crippen LogP contribution in [0, 0.1) is 0 Å². The van der Waals surface area contributed by atoms with Crippen LogP contribution < -0.4 is 10.2 Å². The predicted octanol–water partition coefficient (Wildman–Crippen LogP) is 2.79. The molecule has 0 unspecified atom stereocenters. The molecule has 0 atom stereocenters. The Bertz CT molecular complexity index is 583. The highest BCUT2D eigenvalue weighted by Crippen LogP contribution is 2.21. The van der Waals surface area contributed by atoms with E-state index in [1.165, 1.54) is 11.3 Å². The Kier molecular flexibility index (Phi) is 4.39. The number of nitrogens with one attached hydrogen (secondary N) is 1. The summed E-state index contributed by atoms with van der Waals surface area (Å²) in [6, 6.07) is 7.25. The van der Waals surface area contributed by atoms with Crippen molar-refractivity contribution in [3.05, 3.63) is 45.2 Å². The molecule has 0 saturated heterocycles. The number of rotatable bonds is 4. The van der Waals surface area contributed by atoms with Crippen molar-refractivity contribution in [2.45, 2.75) is 6.54 Å². The van der Waals surface area contributed by atoms with Gasteiger partial charge in [-0.25, -0.2) is 4.98 Å². The number of amides is 1. The van der Waals surface area contributed by atoms with Crippen LogP contribution in [0.4, 0.5) is 5.82 Å². The van der Waals surface area contributed by atoms with Gasteiger partial charge in [0.2, 0.25) is 0 Å². The van der Waals surface area contributed by atoms with E-state index in [0.717, 1.165) is 11.4 Å². The first kappa shape index (κ1) is 13.8. The summed E-state index contributed by atoms with van der Waals surface area (Å²) < 4.78 is 0.612. The van der Waals surface area contributed by atoms with E-state index >= 15 is 0 Å². The number of hydrogen-bond donors (Lipinski definition) is 1. The Balaban J connectivity index is 2.05. The molecule has 0 bridgehead atoms. The van der Waals surface area contributed by atoms with E-state index in [-0.39, 0.29) is 5.91 Å². The summed E-state index contributed by atoms with van der Waals surface area (Å²) in [4.78, 5) is 18.7. The molecule has 100 valence electrons. The molecule has 19 heavy (non-hydrogen) atoms. The zero-order valence-corrected chi connectivity index (χ0v) is 12.3. The predicted molar refractivity (Wildman–Crippen MR) is 79.1 cm³/mol. The number of pyridine rings is 1. The maximum atomic E-state index is 11.9. The molecule has 1 N–H and O–H groups in total. The summed E-state index contributed by atoms with van der Waals surface area (Å²) in [7, 11) is 3.85. The van der Waals surface area contributed by atoms with Crippen molar-refractivity contribution in [3.8, 4) is 0 Å². The van der Waals surface area contributed by atoms with Crippen LogP contribution in [0.3, 0.4) is 0 Å². The van der Waals surface area contributed by atoms with Gasteiger partial charge in [-0.3, -0.25) is 4.79 Å². The number of aromatic nitrogens is 1. The van der Waals surface area contributed by atoms with Crippen molar-refractivity contribution in [3.63, 3.8) is 0 Å². The molecule has 0 saturated carbocycles. The van der Waals surface area contributed by atoms with Gasteiger partial charge >= 0.3 is 0 Å². The summed E-state index contributed by atoms with van der Waals surface area (Å²) >= 11 is 7.08. The lowest BCUT2D eigenvalue weighted by atomic mass is 10.2. The Labute approximate surface area is 121 Å². The molecule has 2 heterocycles. The lowest BCUT2D eigenvalue weighted by molar-refractivity contribution is 0.0955. The summed E-state index contributed by atoms with van der Waals surface area (Å²) in [5.41, 5.74) is 0.975. The highest BCUT2D eigenvalue weighted by molar-refractivity contribution is 7.17. The van der Waals surface area contributed by atoms with Gasteiger partial charge < -0.3 is 10.2 Å². The highest BCUT2D eigenvalue weighted by Gasteiger charge is 2.10. The molecule has 2 aromatic heterocycles. The van der Waals surface area contributed by atoms with E-state index in [0.29, 0.717) is 15.8 Å². The van der Waals surface area contributed by atoms with Crippen molar-refractivity contribution in [2.75, 3.05) is 19.0 Å². The third-order valence-corrected chi connectivity index (χ3v) is 3.76. The minimum absolute atomic E-state index is 0.120. The monoisotopic (exact) mass is 295 g/mol. The number of hydrogen-bond acceptors (Lipinski definition) is 4. The van der Waals surface area contributed by atoms with Crippen LogP contribution in [0.1, 0.15) is 15.2 Å². The molecule has 0 aliphatic carbocycles. The van der Waals surface area contributed by atoms with Gasteiger partial charge in [-0.05, 0) is 18.2 Å². The van der Waals surface area contributed by atoms with Gasteiger partial charge in [0.25, 0.3) is 5.91 Å². The van der Waals surface area contributed by atoms with E-state index in [1.54, 1.807) is 18.3 Å². The third kappa shape index (κ3) is 3.45. The Morgan fingerprint density at radius 3 is 2.84 bits per heavy atom. The second-order valence-electron chi connectivity index (χ2n) is 4.17. The van der Waals surface area contributed by atoms with Crippen LogP contribution in [0.5, 0.6) is 0 Å². The first-order valence-corrected chi connectivity index (χ1v) is 6.92. The number of carbonyl (C=O) groups excluding carboxylic acids is 1. The quantitative estimate of drug-likeness (QED) is 0.943. The van der Waals surface area contributed by atoms with Gasteiger partial charge in [-0.1, -0.05) is 17.7 Å². The number of carbonyl (C=O) groups is 1. The van der Waals surface area contributed by atoms with E-state index in [9.17, 15) is 4.79 Å². The van der Waals surface area contributed by atoms with Crippen molar-refractivity contribution in [1.82, 2.24) is 10.3 Å². The van der Waals surface area contributed by atoms with Gasteiger partial charge in [0.1, 0.15) is 5.82 Å². The molecular formula is C13H14ClN3OS. The van der Waals surface area contributed by atoms with Crippen molar-refractivity contribution >= 4 is 34.7 Å². The number of nitrogens with zero attached hydrogens (tertiary/aromatic N) is 2. The molecule has 0 aliphatic heterocycles. The standard InChI is InChI=1S/C13H14ClN3OS/c1-17(2)12-9(4-3-7-15-12)8-16-13(18)10-5-6-11(14)19-10/h3-7H,8H2,1-2H3,(H,16,18). The second-order valence-corrected chi connectivity index (χ2v) is 5.88. The Morgan fingerprint density at radius 1 is 1.42 bits per heavy atom. The lowest BCUT2D eigenvalue weighted by Crippen LogP contribution is -2.23. The summed E-state index contributed by atoms with van der Waals surface area (Å²) in [6.45, 7) is 0.440. The zero-order valence-electron chi connectivity index (χ0n) is 10.7. The fourth-order valence-corrected chi connectivity index (χ4v) is 2.63. The molecule has 1 amide bonds. The average molecular weight is 296 g/mol. The van der Waals surface area contributed by atoms with E-state index in [4.69, 9.17) is 11.6 Å². The largest absolute Gasteiger partial charge is 0.362 e. The molecule has 6 heteroatoms. The summed E-state index contributed by atoms with van der Waals surface area (Å²) in [5.74, 6) is 0.734. The van der Waals surface area contributed by atoms with Gasteiger partial charge in [0.15, 0.2) is 0 Å². The average Bonchev–Trinajstić information content (AvgIpc) is 2.83. The minimum Gasteiger partial charge on any atom is -0.362 e. The van der Waals surface area contributed by atoms with Crippen LogP contribution in [-0.2, 0) is 6.54 Å². The Hall–Kier alpha value is -1.59. The molecule has 2 aromatic rings. The molecule has 0 aromatic carbocycles. The molecule has 4 nitrogen and oxygen atoms in total. The maximum Gasteiger partial charge on any atom is 0.261 e. The van der Waals surface area contributed by atoms with Crippen LogP contribution in [0.2, 0.25) is 4.34 Å². The van der Waals surface area contributed by atoms with E-state index in [2.05, 4.69) is 10.3 Å². The molecule has 0 spiro atoms. The molecule has 0 radical (unpaired) electrons. The lowest BCUT2D eigenvalue weighted by Gasteiger charge is -2.15. The van der Waals surface area contributed by atoms with E-state index in [1.807, 2.05) is 31.1 Å². The molecule has 0 fully saturated rings.